The molecule has 3 aromatic rings. The van der Waals surface area contributed by atoms with E-state index in [9.17, 15) is 18.4 Å². The number of benzene rings is 2. The average Bonchev–Trinajstić information content (AvgIpc) is 2.73. The van der Waals surface area contributed by atoms with Gasteiger partial charge >= 0.3 is 0 Å². The molecule has 0 radical (unpaired) electrons. The predicted molar refractivity (Wildman–Crippen MR) is 103 cm³/mol. The lowest BCUT2D eigenvalue weighted by Crippen LogP contribution is -2.37. The number of carbonyl (C=O) groups excluding carboxylic acids is 1. The number of rotatable bonds is 3. The second-order valence-corrected chi connectivity index (χ2v) is 6.83. The minimum absolute atomic E-state index is 0.178. The van der Waals surface area contributed by atoms with Crippen LogP contribution in [0, 0.1) is 11.6 Å². The number of fused-ring (bicyclic) bond motifs is 1. The van der Waals surface area contributed by atoms with Gasteiger partial charge < -0.3 is 9.64 Å². The molecule has 1 aliphatic rings. The van der Waals surface area contributed by atoms with Gasteiger partial charge in [-0.15, -0.1) is 0 Å². The van der Waals surface area contributed by atoms with Crippen molar-refractivity contribution < 1.29 is 18.3 Å². The molecule has 0 unspecified atom stereocenters. The standard InChI is InChI=1S/C22H18F2N2O3/c1-29-20-11-17(24)4-7-19(20)22(28)25-9-8-14-10-21(27)26(13-15(14)12-25)18-5-2-16(23)3-6-18/h2-7,10-11,13H,8-9,12H2,1H3. The number of carbonyl (C=O) groups is 1. The topological polar surface area (TPSA) is 51.5 Å². The SMILES string of the molecule is COc1cc(F)ccc1C(=O)N1CCc2cc(=O)n(-c3ccc(F)cc3)cc2C1. The highest BCUT2D eigenvalue weighted by Crippen LogP contribution is 2.25. The summed E-state index contributed by atoms with van der Waals surface area (Å²) < 4.78 is 33.2. The second-order valence-electron chi connectivity index (χ2n) is 6.83. The molecule has 0 atom stereocenters. The van der Waals surface area contributed by atoms with Crippen LogP contribution in [0.5, 0.6) is 5.75 Å². The molecule has 0 aliphatic carbocycles. The van der Waals surface area contributed by atoms with Crippen molar-refractivity contribution in [3.05, 3.63) is 93.4 Å². The fraction of sp³-hybridized carbons (Fsp3) is 0.182. The van der Waals surface area contributed by atoms with E-state index in [1.807, 2.05) is 0 Å². The Morgan fingerprint density at radius 2 is 1.72 bits per heavy atom. The van der Waals surface area contributed by atoms with Gasteiger partial charge in [-0.2, -0.15) is 0 Å². The summed E-state index contributed by atoms with van der Waals surface area (Å²) in [5, 5.41) is 0. The number of hydrogen-bond donors (Lipinski definition) is 0. The van der Waals surface area contributed by atoms with Crippen molar-refractivity contribution in [2.24, 2.45) is 0 Å². The maximum absolute atomic E-state index is 13.4. The summed E-state index contributed by atoms with van der Waals surface area (Å²) in [5.41, 5.74) is 2.32. The molecule has 0 spiro atoms. The zero-order valence-electron chi connectivity index (χ0n) is 15.7. The Bertz CT molecular complexity index is 1140. The van der Waals surface area contributed by atoms with Crippen LogP contribution >= 0.6 is 0 Å². The maximum atomic E-state index is 13.4. The molecule has 0 N–H and O–H groups in total. The predicted octanol–water partition coefficient (Wildman–Crippen LogP) is 3.32. The molecule has 0 saturated carbocycles. The molecule has 148 valence electrons. The van der Waals surface area contributed by atoms with E-state index in [1.54, 1.807) is 17.2 Å². The number of aromatic nitrogens is 1. The highest BCUT2D eigenvalue weighted by atomic mass is 19.1. The number of amides is 1. The van der Waals surface area contributed by atoms with E-state index in [-0.39, 0.29) is 28.6 Å². The molecule has 0 bridgehead atoms. The Morgan fingerprint density at radius 1 is 1.00 bits per heavy atom. The molecule has 0 fully saturated rings. The molecule has 29 heavy (non-hydrogen) atoms. The van der Waals surface area contributed by atoms with Crippen LogP contribution in [0.25, 0.3) is 5.69 Å². The lowest BCUT2D eigenvalue weighted by atomic mass is 10.0. The highest BCUT2D eigenvalue weighted by Gasteiger charge is 2.25. The van der Waals surface area contributed by atoms with Gasteiger partial charge in [0.25, 0.3) is 11.5 Å². The first-order valence-electron chi connectivity index (χ1n) is 9.09. The molecule has 4 rings (SSSR count). The summed E-state index contributed by atoms with van der Waals surface area (Å²) in [6.07, 6.45) is 2.22. The fourth-order valence-corrected chi connectivity index (χ4v) is 3.52. The van der Waals surface area contributed by atoms with Gasteiger partial charge in [0, 0.05) is 37.1 Å². The van der Waals surface area contributed by atoms with Crippen LogP contribution in [0.15, 0.2) is 59.5 Å². The van der Waals surface area contributed by atoms with Crippen LogP contribution in [0.4, 0.5) is 8.78 Å². The van der Waals surface area contributed by atoms with Crippen molar-refractivity contribution in [3.8, 4) is 11.4 Å². The monoisotopic (exact) mass is 396 g/mol. The highest BCUT2D eigenvalue weighted by molar-refractivity contribution is 5.97. The third-order valence-electron chi connectivity index (χ3n) is 5.03. The van der Waals surface area contributed by atoms with Gasteiger partial charge in [0.05, 0.1) is 12.7 Å². The van der Waals surface area contributed by atoms with Crippen molar-refractivity contribution in [1.29, 1.82) is 0 Å². The summed E-state index contributed by atoms with van der Waals surface area (Å²) in [4.78, 5) is 27.1. The van der Waals surface area contributed by atoms with Crippen LogP contribution in [-0.4, -0.2) is 29.0 Å². The molecule has 2 heterocycles. The molecule has 1 amide bonds. The van der Waals surface area contributed by atoms with E-state index in [4.69, 9.17) is 4.74 Å². The van der Waals surface area contributed by atoms with Gasteiger partial charge in [0.15, 0.2) is 0 Å². The Balaban J connectivity index is 1.66. The average molecular weight is 396 g/mol. The van der Waals surface area contributed by atoms with Gasteiger partial charge in [-0.25, -0.2) is 8.78 Å². The first-order chi connectivity index (χ1) is 14.0. The lowest BCUT2D eigenvalue weighted by molar-refractivity contribution is 0.0731. The number of halogens is 2. The molecule has 7 heteroatoms. The van der Waals surface area contributed by atoms with Crippen LogP contribution in [0.2, 0.25) is 0 Å². The molecule has 0 saturated heterocycles. The quantitative estimate of drug-likeness (QED) is 0.683. The van der Waals surface area contributed by atoms with Crippen molar-refractivity contribution >= 4 is 5.91 Å². The molecular formula is C22H18F2N2O3. The van der Waals surface area contributed by atoms with E-state index in [0.717, 1.165) is 11.1 Å². The van der Waals surface area contributed by atoms with Crippen molar-refractivity contribution in [3.63, 3.8) is 0 Å². The van der Waals surface area contributed by atoms with E-state index >= 15 is 0 Å². The summed E-state index contributed by atoms with van der Waals surface area (Å²) in [7, 11) is 1.39. The van der Waals surface area contributed by atoms with Crippen LogP contribution < -0.4 is 10.3 Å². The largest absolute Gasteiger partial charge is 0.496 e. The van der Waals surface area contributed by atoms with Crippen molar-refractivity contribution in [1.82, 2.24) is 9.47 Å². The minimum atomic E-state index is -0.481. The van der Waals surface area contributed by atoms with E-state index in [2.05, 4.69) is 0 Å². The molecule has 1 aromatic heterocycles. The Kier molecular flexibility index (Phi) is 4.88. The fourth-order valence-electron chi connectivity index (χ4n) is 3.52. The Hall–Kier alpha value is -3.48. The first-order valence-corrected chi connectivity index (χ1v) is 9.09. The molecular weight excluding hydrogens is 378 g/mol. The molecule has 5 nitrogen and oxygen atoms in total. The number of nitrogens with zero attached hydrogens (tertiary/aromatic N) is 2. The lowest BCUT2D eigenvalue weighted by Gasteiger charge is -2.29. The van der Waals surface area contributed by atoms with Crippen LogP contribution in [-0.2, 0) is 13.0 Å². The second kappa shape index (κ2) is 7.50. The van der Waals surface area contributed by atoms with Gasteiger partial charge in [0.2, 0.25) is 0 Å². The summed E-state index contributed by atoms with van der Waals surface area (Å²) in [6.45, 7) is 0.739. The van der Waals surface area contributed by atoms with E-state index < -0.39 is 5.82 Å². The molecule has 1 aliphatic heterocycles. The normalized spacial score (nSPS) is 13.1. The zero-order chi connectivity index (χ0) is 20.5. The van der Waals surface area contributed by atoms with Gasteiger partial charge in [-0.05, 0) is 53.9 Å². The number of hydrogen-bond acceptors (Lipinski definition) is 3. The number of ether oxygens (including phenoxy) is 1. The number of methoxy groups -OCH3 is 1. The molecule has 2 aromatic carbocycles. The van der Waals surface area contributed by atoms with E-state index in [0.29, 0.717) is 25.2 Å². The van der Waals surface area contributed by atoms with E-state index in [1.165, 1.54) is 54.1 Å². The summed E-state index contributed by atoms with van der Waals surface area (Å²) in [5.74, 6) is -0.959. The van der Waals surface area contributed by atoms with Crippen LogP contribution in [0.3, 0.4) is 0 Å². The minimum Gasteiger partial charge on any atom is -0.496 e. The van der Waals surface area contributed by atoms with Crippen molar-refractivity contribution in [2.45, 2.75) is 13.0 Å². The van der Waals surface area contributed by atoms with Crippen LogP contribution in [0.1, 0.15) is 21.5 Å². The Morgan fingerprint density at radius 3 is 2.45 bits per heavy atom. The zero-order valence-corrected chi connectivity index (χ0v) is 15.7. The third kappa shape index (κ3) is 3.63. The third-order valence-corrected chi connectivity index (χ3v) is 5.03. The van der Waals surface area contributed by atoms with Gasteiger partial charge in [-0.1, -0.05) is 0 Å². The van der Waals surface area contributed by atoms with Crippen molar-refractivity contribution in [2.75, 3.05) is 13.7 Å². The Labute approximate surface area is 165 Å². The van der Waals surface area contributed by atoms with Gasteiger partial charge in [-0.3, -0.25) is 14.2 Å². The maximum Gasteiger partial charge on any atom is 0.257 e. The first kappa shape index (κ1) is 18.9. The summed E-state index contributed by atoms with van der Waals surface area (Å²) in [6, 6.07) is 11.0. The summed E-state index contributed by atoms with van der Waals surface area (Å²) >= 11 is 0. The smallest absolute Gasteiger partial charge is 0.257 e. The van der Waals surface area contributed by atoms with Gasteiger partial charge in [0.1, 0.15) is 17.4 Å². The number of pyridine rings is 1.